The number of carbonyl (C=O) groups is 1. The predicted octanol–water partition coefficient (Wildman–Crippen LogP) is 4.02. The van der Waals surface area contributed by atoms with Gasteiger partial charge in [-0.1, -0.05) is 39.3 Å². The van der Waals surface area contributed by atoms with Crippen molar-refractivity contribution in [2.75, 3.05) is 16.4 Å². The molecule has 4 rings (SSSR count). The average Bonchev–Trinajstić information content (AvgIpc) is 3.07. The van der Waals surface area contributed by atoms with Crippen LogP contribution < -0.4 is 4.90 Å². The molecule has 2 heterocycles. The van der Waals surface area contributed by atoms with Crippen molar-refractivity contribution in [3.63, 3.8) is 0 Å². The number of hydrogen-bond acceptors (Lipinski definition) is 4. The van der Waals surface area contributed by atoms with Crippen molar-refractivity contribution in [1.29, 1.82) is 0 Å². The predicted molar refractivity (Wildman–Crippen MR) is 114 cm³/mol. The Morgan fingerprint density at radius 2 is 1.78 bits per heavy atom. The second-order valence-corrected chi connectivity index (χ2v) is 11.1. The molecule has 9 heteroatoms. The lowest BCUT2D eigenvalue weighted by atomic mass is 10.2. The molecule has 0 unspecified atom stereocenters. The third kappa shape index (κ3) is 3.94. The number of sulfone groups is 1. The van der Waals surface area contributed by atoms with Gasteiger partial charge in [0.05, 0.1) is 17.5 Å². The molecule has 2 aromatic carbocycles. The zero-order chi connectivity index (χ0) is 19.2. The lowest BCUT2D eigenvalue weighted by molar-refractivity contribution is 0.100. The first-order valence-electron chi connectivity index (χ1n) is 8.13. The lowest BCUT2D eigenvalue weighted by Gasteiger charge is -2.24. The number of hydrogen-bond donors (Lipinski definition) is 0. The van der Waals surface area contributed by atoms with E-state index in [9.17, 15) is 13.2 Å². The molecule has 5 nitrogen and oxygen atoms in total. The number of thioether (sulfide) groups is 1. The van der Waals surface area contributed by atoms with Gasteiger partial charge in [0.2, 0.25) is 0 Å². The summed E-state index contributed by atoms with van der Waals surface area (Å²) < 4.78 is 25.0. The largest absolute Gasteiger partial charge is 0.316 e. The molecular formula is C18H14BrClN2O3S2. The normalized spacial score (nSPS) is 25.0. The third-order valence-corrected chi connectivity index (χ3v) is 8.45. The monoisotopic (exact) mass is 484 g/mol. The minimum atomic E-state index is -3.10. The van der Waals surface area contributed by atoms with Crippen LogP contribution in [0.1, 0.15) is 10.4 Å². The number of amides is 1. The van der Waals surface area contributed by atoms with E-state index in [1.54, 1.807) is 36.4 Å². The maximum absolute atomic E-state index is 12.6. The molecule has 2 aliphatic heterocycles. The van der Waals surface area contributed by atoms with Crippen LogP contribution in [0.2, 0.25) is 5.02 Å². The number of fused-ring (bicyclic) bond motifs is 1. The molecule has 0 spiro atoms. The summed E-state index contributed by atoms with van der Waals surface area (Å²) >= 11 is 10.7. The van der Waals surface area contributed by atoms with E-state index < -0.39 is 9.84 Å². The Labute approximate surface area is 174 Å². The van der Waals surface area contributed by atoms with Crippen LogP contribution in [-0.4, -0.2) is 42.3 Å². The molecule has 2 aromatic rings. The fraction of sp³-hybridized carbons (Fsp3) is 0.222. The van der Waals surface area contributed by atoms with Crippen LogP contribution in [-0.2, 0) is 9.84 Å². The molecule has 0 radical (unpaired) electrons. The second kappa shape index (κ2) is 7.24. The highest BCUT2D eigenvalue weighted by atomic mass is 79.9. The summed E-state index contributed by atoms with van der Waals surface area (Å²) in [7, 11) is -3.10. The van der Waals surface area contributed by atoms with Crippen molar-refractivity contribution in [3.05, 3.63) is 63.6 Å². The maximum Gasteiger partial charge on any atom is 0.279 e. The van der Waals surface area contributed by atoms with E-state index in [2.05, 4.69) is 20.9 Å². The van der Waals surface area contributed by atoms with Crippen LogP contribution in [0.5, 0.6) is 0 Å². The molecule has 2 saturated heterocycles. The number of carbonyl (C=O) groups excluding carboxylic acids is 1. The lowest BCUT2D eigenvalue weighted by Crippen LogP contribution is -2.37. The second-order valence-electron chi connectivity index (χ2n) is 6.35. The molecule has 1 amide bonds. The number of halogens is 2. The van der Waals surface area contributed by atoms with Gasteiger partial charge >= 0.3 is 0 Å². The van der Waals surface area contributed by atoms with Crippen molar-refractivity contribution in [3.8, 4) is 0 Å². The van der Waals surface area contributed by atoms with Gasteiger partial charge in [-0.15, -0.1) is 0 Å². The van der Waals surface area contributed by atoms with Gasteiger partial charge in [0.15, 0.2) is 15.0 Å². The highest BCUT2D eigenvalue weighted by molar-refractivity contribution is 9.10. The summed E-state index contributed by atoms with van der Waals surface area (Å²) in [5.74, 6) is -0.205. The summed E-state index contributed by atoms with van der Waals surface area (Å²) in [6.45, 7) is 0. The number of benzene rings is 2. The van der Waals surface area contributed by atoms with Gasteiger partial charge in [-0.05, 0) is 48.5 Å². The fourth-order valence-corrected chi connectivity index (χ4v) is 7.51. The van der Waals surface area contributed by atoms with Gasteiger partial charge in [-0.3, -0.25) is 4.79 Å². The van der Waals surface area contributed by atoms with Gasteiger partial charge in [0.25, 0.3) is 5.91 Å². The van der Waals surface area contributed by atoms with Crippen molar-refractivity contribution in [2.45, 2.75) is 11.3 Å². The van der Waals surface area contributed by atoms with Gasteiger partial charge < -0.3 is 4.90 Å². The zero-order valence-corrected chi connectivity index (χ0v) is 17.9. The summed E-state index contributed by atoms with van der Waals surface area (Å²) in [4.78, 5) is 18.8. The molecule has 0 N–H and O–H groups in total. The SMILES string of the molecule is O=C(N=C1S[C@@H]2CS(=O)(=O)C[C@@H]2N1c1ccc(Cl)cc1)c1ccc(Br)cc1. The fourth-order valence-electron chi connectivity index (χ4n) is 3.21. The minimum Gasteiger partial charge on any atom is -0.316 e. The first-order chi connectivity index (χ1) is 12.8. The average molecular weight is 486 g/mol. The van der Waals surface area contributed by atoms with Gasteiger partial charge in [0.1, 0.15) is 0 Å². The van der Waals surface area contributed by atoms with E-state index in [-0.39, 0.29) is 28.7 Å². The first kappa shape index (κ1) is 19.0. The van der Waals surface area contributed by atoms with Crippen molar-refractivity contribution >= 4 is 65.9 Å². The van der Waals surface area contributed by atoms with E-state index in [0.717, 1.165) is 10.2 Å². The van der Waals surface area contributed by atoms with E-state index >= 15 is 0 Å². The maximum atomic E-state index is 12.6. The Balaban J connectivity index is 1.71. The van der Waals surface area contributed by atoms with E-state index in [0.29, 0.717) is 15.8 Å². The summed E-state index contributed by atoms with van der Waals surface area (Å²) in [5, 5.41) is 0.975. The molecule has 0 bridgehead atoms. The zero-order valence-electron chi connectivity index (χ0n) is 13.9. The van der Waals surface area contributed by atoms with Crippen molar-refractivity contribution in [1.82, 2.24) is 0 Å². The first-order valence-corrected chi connectivity index (χ1v) is 12.0. The molecule has 2 aliphatic rings. The highest BCUT2D eigenvalue weighted by Gasteiger charge is 2.49. The van der Waals surface area contributed by atoms with Crippen molar-refractivity contribution in [2.24, 2.45) is 4.99 Å². The van der Waals surface area contributed by atoms with Gasteiger partial charge in [-0.25, -0.2) is 8.42 Å². The Kier molecular flexibility index (Phi) is 5.09. The van der Waals surface area contributed by atoms with Crippen LogP contribution in [0, 0.1) is 0 Å². The van der Waals surface area contributed by atoms with Gasteiger partial charge in [-0.2, -0.15) is 4.99 Å². The van der Waals surface area contributed by atoms with E-state index in [4.69, 9.17) is 11.6 Å². The van der Waals surface area contributed by atoms with Crippen molar-refractivity contribution < 1.29 is 13.2 Å². The molecule has 0 aromatic heterocycles. The molecule has 27 heavy (non-hydrogen) atoms. The molecular weight excluding hydrogens is 472 g/mol. The van der Waals surface area contributed by atoms with Crippen LogP contribution in [0.25, 0.3) is 0 Å². The number of aliphatic imine (C=N–C) groups is 1. The molecule has 0 saturated carbocycles. The number of anilines is 1. The Bertz CT molecular complexity index is 1020. The number of rotatable bonds is 2. The third-order valence-electron chi connectivity index (χ3n) is 4.46. The Morgan fingerprint density at radius 1 is 1.11 bits per heavy atom. The van der Waals surface area contributed by atoms with E-state index in [1.165, 1.54) is 11.8 Å². The van der Waals surface area contributed by atoms with Crippen LogP contribution in [0.4, 0.5) is 5.69 Å². The summed E-state index contributed by atoms with van der Waals surface area (Å²) in [6.07, 6.45) is 0. The molecule has 140 valence electrons. The van der Waals surface area contributed by atoms with Crippen LogP contribution in [0.15, 0.2) is 58.0 Å². The van der Waals surface area contributed by atoms with Gasteiger partial charge in [0, 0.05) is 26.0 Å². The summed E-state index contributed by atoms with van der Waals surface area (Å²) in [6, 6.07) is 13.9. The van der Waals surface area contributed by atoms with E-state index in [1.807, 2.05) is 17.0 Å². The Hall–Kier alpha value is -1.35. The topological polar surface area (TPSA) is 66.8 Å². The molecule has 2 fully saturated rings. The van der Waals surface area contributed by atoms with Crippen LogP contribution in [0.3, 0.4) is 0 Å². The standard InChI is InChI=1S/C18H14BrClN2O3S2/c19-12-3-1-11(2-4-12)17(23)21-18-22(14-7-5-13(20)6-8-14)15-9-27(24,25)10-16(15)26-18/h1-8,15-16H,9-10H2/t15-,16+/m0/s1. The van der Waals surface area contributed by atoms with Crippen LogP contribution >= 0.6 is 39.3 Å². The number of amidine groups is 1. The smallest absolute Gasteiger partial charge is 0.279 e. The Morgan fingerprint density at radius 3 is 2.44 bits per heavy atom. The summed E-state index contributed by atoms with van der Waals surface area (Å²) in [5.41, 5.74) is 1.26. The molecule has 2 atom stereocenters. The number of nitrogens with zero attached hydrogens (tertiary/aromatic N) is 2. The quantitative estimate of drug-likeness (QED) is 0.643. The highest BCUT2D eigenvalue weighted by Crippen LogP contribution is 2.41. The molecule has 0 aliphatic carbocycles. The minimum absolute atomic E-state index is 0.0544.